The average molecular weight is 318 g/mol. The fourth-order valence-corrected chi connectivity index (χ4v) is 2.78. The van der Waals surface area contributed by atoms with Crippen LogP contribution in [0.1, 0.15) is 23.7 Å². The number of methoxy groups -OCH3 is 2. The van der Waals surface area contributed by atoms with Crippen molar-refractivity contribution in [2.24, 2.45) is 0 Å². The first-order chi connectivity index (χ1) is 11.0. The van der Waals surface area contributed by atoms with Crippen LogP contribution in [0, 0.1) is 0 Å². The van der Waals surface area contributed by atoms with E-state index in [4.69, 9.17) is 14.2 Å². The second-order valence-electron chi connectivity index (χ2n) is 5.36. The molecule has 1 atom stereocenters. The summed E-state index contributed by atoms with van der Waals surface area (Å²) in [5.41, 5.74) is 1.54. The minimum Gasteiger partial charge on any atom is -0.504 e. The van der Waals surface area contributed by atoms with E-state index in [1.807, 2.05) is 0 Å². The Hall–Kier alpha value is -2.76. The smallest absolute Gasteiger partial charge is 0.200 e. The number of benzene rings is 2. The number of aromatic hydroxyl groups is 3. The minimum atomic E-state index is -0.534. The lowest BCUT2D eigenvalue weighted by molar-refractivity contribution is 0.172. The molecule has 0 aromatic heterocycles. The van der Waals surface area contributed by atoms with Gasteiger partial charge in [0.25, 0.3) is 0 Å². The third-order valence-corrected chi connectivity index (χ3v) is 3.99. The number of ether oxygens (including phenoxy) is 3. The first kappa shape index (κ1) is 15.1. The summed E-state index contributed by atoms with van der Waals surface area (Å²) in [4.78, 5) is 0. The van der Waals surface area contributed by atoms with Crippen LogP contribution >= 0.6 is 0 Å². The van der Waals surface area contributed by atoms with Gasteiger partial charge in [0.2, 0.25) is 0 Å². The zero-order chi connectivity index (χ0) is 16.6. The molecule has 3 N–H and O–H groups in total. The maximum Gasteiger partial charge on any atom is 0.200 e. The van der Waals surface area contributed by atoms with Crippen LogP contribution in [0.2, 0.25) is 0 Å². The van der Waals surface area contributed by atoms with Crippen molar-refractivity contribution in [1.82, 2.24) is 0 Å². The van der Waals surface area contributed by atoms with Crippen LogP contribution in [0.3, 0.4) is 0 Å². The van der Waals surface area contributed by atoms with Crippen molar-refractivity contribution in [2.75, 3.05) is 14.2 Å². The zero-order valence-electron chi connectivity index (χ0n) is 12.9. The van der Waals surface area contributed by atoms with Crippen molar-refractivity contribution in [3.05, 3.63) is 35.4 Å². The van der Waals surface area contributed by atoms with E-state index in [0.717, 1.165) is 12.0 Å². The zero-order valence-corrected chi connectivity index (χ0v) is 12.9. The SMILES string of the molecule is COc1cc(OC)c2c(c1)OC(c1cc(O)c(O)c(O)c1)CC2. The molecule has 23 heavy (non-hydrogen) atoms. The second-order valence-corrected chi connectivity index (χ2v) is 5.36. The summed E-state index contributed by atoms with van der Waals surface area (Å²) in [6.45, 7) is 0. The summed E-state index contributed by atoms with van der Waals surface area (Å²) in [7, 11) is 3.16. The summed E-state index contributed by atoms with van der Waals surface area (Å²) in [5.74, 6) is 0.680. The maximum absolute atomic E-state index is 9.67. The molecule has 0 radical (unpaired) electrons. The Morgan fingerprint density at radius 2 is 1.70 bits per heavy atom. The Labute approximate surface area is 133 Å². The molecule has 1 aliphatic heterocycles. The van der Waals surface area contributed by atoms with Gasteiger partial charge < -0.3 is 29.5 Å². The van der Waals surface area contributed by atoms with E-state index in [-0.39, 0.29) is 17.6 Å². The van der Waals surface area contributed by atoms with E-state index in [2.05, 4.69) is 0 Å². The third-order valence-electron chi connectivity index (χ3n) is 3.99. The van der Waals surface area contributed by atoms with Crippen molar-refractivity contribution in [3.63, 3.8) is 0 Å². The van der Waals surface area contributed by atoms with Crippen LogP contribution < -0.4 is 14.2 Å². The van der Waals surface area contributed by atoms with Crippen molar-refractivity contribution in [3.8, 4) is 34.5 Å². The molecular weight excluding hydrogens is 300 g/mol. The lowest BCUT2D eigenvalue weighted by Gasteiger charge is -2.28. The molecule has 6 heteroatoms. The number of phenols is 3. The van der Waals surface area contributed by atoms with Crippen LogP contribution in [0.25, 0.3) is 0 Å². The summed E-state index contributed by atoms with van der Waals surface area (Å²) in [6.07, 6.45) is 1.02. The fraction of sp³-hybridized carbons (Fsp3) is 0.294. The Morgan fingerprint density at radius 3 is 2.30 bits per heavy atom. The van der Waals surface area contributed by atoms with E-state index in [1.165, 1.54) is 12.1 Å². The van der Waals surface area contributed by atoms with Crippen LogP contribution in [-0.4, -0.2) is 29.5 Å². The molecule has 3 rings (SSSR count). The highest BCUT2D eigenvalue weighted by Crippen LogP contribution is 2.44. The molecule has 0 saturated heterocycles. The van der Waals surface area contributed by atoms with Gasteiger partial charge in [-0.1, -0.05) is 0 Å². The molecule has 0 saturated carbocycles. The van der Waals surface area contributed by atoms with Gasteiger partial charge in [-0.15, -0.1) is 0 Å². The Morgan fingerprint density at radius 1 is 1.00 bits per heavy atom. The van der Waals surface area contributed by atoms with Gasteiger partial charge in [-0.25, -0.2) is 0 Å². The summed E-state index contributed by atoms with van der Waals surface area (Å²) in [6, 6.07) is 6.37. The van der Waals surface area contributed by atoms with E-state index >= 15 is 0 Å². The molecule has 1 heterocycles. The molecule has 0 spiro atoms. The van der Waals surface area contributed by atoms with Crippen molar-refractivity contribution < 1.29 is 29.5 Å². The number of phenolic OH excluding ortho intramolecular Hbond substituents is 3. The minimum absolute atomic E-state index is 0.350. The van der Waals surface area contributed by atoms with E-state index < -0.39 is 5.75 Å². The maximum atomic E-state index is 9.67. The lowest BCUT2D eigenvalue weighted by Crippen LogP contribution is -2.16. The molecule has 0 amide bonds. The van der Waals surface area contributed by atoms with Crippen molar-refractivity contribution in [1.29, 1.82) is 0 Å². The van der Waals surface area contributed by atoms with E-state index in [1.54, 1.807) is 26.4 Å². The molecule has 6 nitrogen and oxygen atoms in total. The third kappa shape index (κ3) is 2.67. The van der Waals surface area contributed by atoms with Gasteiger partial charge in [0.15, 0.2) is 17.2 Å². The molecule has 122 valence electrons. The molecule has 2 aromatic carbocycles. The highest BCUT2D eigenvalue weighted by atomic mass is 16.5. The summed E-state index contributed by atoms with van der Waals surface area (Å²) >= 11 is 0. The normalized spacial score (nSPS) is 16.3. The predicted molar refractivity (Wildman–Crippen MR) is 82.7 cm³/mol. The molecule has 1 aliphatic rings. The largest absolute Gasteiger partial charge is 0.504 e. The quantitative estimate of drug-likeness (QED) is 0.754. The molecule has 1 unspecified atom stereocenters. The first-order valence-corrected chi connectivity index (χ1v) is 7.20. The molecule has 0 fully saturated rings. The van der Waals surface area contributed by atoms with Gasteiger partial charge in [-0.2, -0.15) is 0 Å². The highest BCUT2D eigenvalue weighted by molar-refractivity contribution is 5.54. The van der Waals surface area contributed by atoms with Gasteiger partial charge >= 0.3 is 0 Å². The predicted octanol–water partition coefficient (Wildman–Crippen LogP) is 2.89. The van der Waals surface area contributed by atoms with Gasteiger partial charge in [-0.05, 0) is 30.5 Å². The van der Waals surface area contributed by atoms with E-state index in [0.29, 0.717) is 29.2 Å². The first-order valence-electron chi connectivity index (χ1n) is 7.20. The Balaban J connectivity index is 1.96. The second kappa shape index (κ2) is 5.79. The average Bonchev–Trinajstić information content (AvgIpc) is 2.57. The van der Waals surface area contributed by atoms with E-state index in [9.17, 15) is 15.3 Å². The molecule has 0 bridgehead atoms. The number of fused-ring (bicyclic) bond motifs is 1. The van der Waals surface area contributed by atoms with Crippen LogP contribution in [0.5, 0.6) is 34.5 Å². The monoisotopic (exact) mass is 318 g/mol. The summed E-state index contributed by atoms with van der Waals surface area (Å²) in [5, 5.41) is 28.8. The molecule has 0 aliphatic carbocycles. The number of hydrogen-bond acceptors (Lipinski definition) is 6. The number of hydrogen-bond donors (Lipinski definition) is 3. The van der Waals surface area contributed by atoms with Crippen molar-refractivity contribution >= 4 is 0 Å². The van der Waals surface area contributed by atoms with Crippen LogP contribution in [0.15, 0.2) is 24.3 Å². The topological polar surface area (TPSA) is 88.4 Å². The fourth-order valence-electron chi connectivity index (χ4n) is 2.78. The van der Waals surface area contributed by atoms with Gasteiger partial charge in [0, 0.05) is 17.7 Å². The van der Waals surface area contributed by atoms with Crippen LogP contribution in [0.4, 0.5) is 0 Å². The Bertz CT molecular complexity index is 717. The highest BCUT2D eigenvalue weighted by Gasteiger charge is 2.26. The van der Waals surface area contributed by atoms with Gasteiger partial charge in [0.05, 0.1) is 14.2 Å². The Kier molecular flexibility index (Phi) is 3.82. The van der Waals surface area contributed by atoms with Gasteiger partial charge in [0.1, 0.15) is 23.4 Å². The van der Waals surface area contributed by atoms with Crippen LogP contribution in [-0.2, 0) is 6.42 Å². The van der Waals surface area contributed by atoms with Gasteiger partial charge in [-0.3, -0.25) is 0 Å². The van der Waals surface area contributed by atoms with Crippen molar-refractivity contribution in [2.45, 2.75) is 18.9 Å². The standard InChI is InChI=1S/C17H18O6/c1-21-10-7-15(22-2)11-3-4-14(23-16(11)8-10)9-5-12(18)17(20)13(19)6-9/h5-8,14,18-20H,3-4H2,1-2H3. The number of rotatable bonds is 3. The lowest BCUT2D eigenvalue weighted by atomic mass is 9.96. The summed E-state index contributed by atoms with van der Waals surface area (Å²) < 4.78 is 16.6. The molecule has 2 aromatic rings. The molecular formula is C17H18O6.